The lowest BCUT2D eigenvalue weighted by Crippen LogP contribution is -2.57. The number of aryl methyl sites for hydroxylation is 2. The van der Waals surface area contributed by atoms with Crippen molar-refractivity contribution >= 4 is 23.5 Å². The topological polar surface area (TPSA) is 96.4 Å². The molecule has 8 heteroatoms. The smallest absolute Gasteiger partial charge is 0.313 e. The van der Waals surface area contributed by atoms with Crippen molar-refractivity contribution in [3.8, 4) is 0 Å². The van der Waals surface area contributed by atoms with Gasteiger partial charge in [0.25, 0.3) is 5.91 Å². The first-order valence-electron chi connectivity index (χ1n) is 13.0. The number of benzene rings is 1. The Labute approximate surface area is 218 Å². The fourth-order valence-corrected chi connectivity index (χ4v) is 6.89. The van der Waals surface area contributed by atoms with Crippen molar-refractivity contribution in [2.24, 2.45) is 17.8 Å². The van der Waals surface area contributed by atoms with Crippen LogP contribution in [-0.2, 0) is 23.9 Å². The Balaban J connectivity index is 1.84. The molecule has 3 aliphatic heterocycles. The minimum atomic E-state index is -1.17. The molecule has 2 amide bonds. The van der Waals surface area contributed by atoms with Gasteiger partial charge in [0.1, 0.15) is 24.2 Å². The molecule has 4 rings (SSSR count). The molecule has 2 bridgehead atoms. The minimum Gasteiger partial charge on any atom is -0.461 e. The molecule has 1 aromatic rings. The van der Waals surface area contributed by atoms with Gasteiger partial charge in [0.15, 0.2) is 0 Å². The SMILES string of the molecule is C=CCOC(=O)[C@@H]1[C@H]2C(=O)N(CCCO)C(C(=O)N(CC=C)c3c(C)cccc3C)C23CC(C)[C@@]1(C)O3. The number of carbonyl (C=O) groups excluding carboxylic acids is 3. The largest absolute Gasteiger partial charge is 0.461 e. The van der Waals surface area contributed by atoms with Crippen LogP contribution in [0.4, 0.5) is 5.69 Å². The minimum absolute atomic E-state index is 0.0317. The van der Waals surface area contributed by atoms with Gasteiger partial charge in [-0.2, -0.15) is 0 Å². The molecular weight excluding hydrogens is 472 g/mol. The van der Waals surface area contributed by atoms with Crippen LogP contribution in [0, 0.1) is 31.6 Å². The highest BCUT2D eigenvalue weighted by Crippen LogP contribution is 2.65. The van der Waals surface area contributed by atoms with Crippen LogP contribution < -0.4 is 4.90 Å². The summed E-state index contributed by atoms with van der Waals surface area (Å²) in [6.07, 6.45) is 3.93. The molecule has 0 aromatic heterocycles. The van der Waals surface area contributed by atoms with Crippen LogP contribution in [0.5, 0.6) is 0 Å². The summed E-state index contributed by atoms with van der Waals surface area (Å²) in [5.74, 6) is -2.86. The van der Waals surface area contributed by atoms with Crippen molar-refractivity contribution in [3.05, 3.63) is 54.6 Å². The quantitative estimate of drug-likeness (QED) is 0.384. The summed E-state index contributed by atoms with van der Waals surface area (Å²) in [6.45, 7) is 15.6. The number of fused-ring (bicyclic) bond motifs is 1. The summed E-state index contributed by atoms with van der Waals surface area (Å²) >= 11 is 0. The summed E-state index contributed by atoms with van der Waals surface area (Å²) in [7, 11) is 0. The zero-order chi connectivity index (χ0) is 27.1. The van der Waals surface area contributed by atoms with Gasteiger partial charge in [-0.25, -0.2) is 0 Å². The van der Waals surface area contributed by atoms with Gasteiger partial charge in [-0.15, -0.1) is 6.58 Å². The van der Waals surface area contributed by atoms with Gasteiger partial charge in [-0.3, -0.25) is 14.4 Å². The summed E-state index contributed by atoms with van der Waals surface area (Å²) in [6, 6.07) is 4.89. The van der Waals surface area contributed by atoms with E-state index in [9.17, 15) is 19.5 Å². The third kappa shape index (κ3) is 4.01. The van der Waals surface area contributed by atoms with Gasteiger partial charge in [0.2, 0.25) is 5.91 Å². The number of anilines is 1. The van der Waals surface area contributed by atoms with E-state index in [1.807, 2.05) is 45.9 Å². The Bertz CT molecular complexity index is 1100. The molecule has 0 saturated carbocycles. The second kappa shape index (κ2) is 10.1. The normalized spacial score (nSPS) is 31.8. The Morgan fingerprint density at radius 3 is 2.54 bits per heavy atom. The van der Waals surface area contributed by atoms with E-state index in [0.717, 1.165) is 16.8 Å². The lowest BCUT2D eigenvalue weighted by atomic mass is 9.62. The Kier molecular flexibility index (Phi) is 7.36. The second-order valence-electron chi connectivity index (χ2n) is 10.7. The molecule has 0 aliphatic carbocycles. The number of likely N-dealkylation sites (tertiary alicyclic amines) is 1. The number of aliphatic hydroxyl groups is 1. The Hall–Kier alpha value is -2.97. The molecule has 200 valence electrons. The van der Waals surface area contributed by atoms with Crippen LogP contribution in [0.25, 0.3) is 0 Å². The van der Waals surface area contributed by atoms with E-state index in [1.54, 1.807) is 11.0 Å². The molecule has 3 aliphatic rings. The Morgan fingerprint density at radius 1 is 1.27 bits per heavy atom. The average Bonchev–Trinajstić information content (AvgIpc) is 3.36. The maximum Gasteiger partial charge on any atom is 0.313 e. The zero-order valence-corrected chi connectivity index (χ0v) is 22.2. The molecule has 37 heavy (non-hydrogen) atoms. The maximum atomic E-state index is 14.6. The van der Waals surface area contributed by atoms with Crippen molar-refractivity contribution in [1.29, 1.82) is 0 Å². The number of aliphatic hydroxyl groups excluding tert-OH is 1. The molecule has 3 unspecified atom stereocenters. The summed E-state index contributed by atoms with van der Waals surface area (Å²) in [5, 5.41) is 9.57. The van der Waals surface area contributed by atoms with E-state index in [-0.39, 0.29) is 44.0 Å². The lowest BCUT2D eigenvalue weighted by molar-refractivity contribution is -0.160. The number of nitrogens with zero attached hydrogens (tertiary/aromatic N) is 2. The van der Waals surface area contributed by atoms with Crippen molar-refractivity contribution in [2.45, 2.75) is 57.8 Å². The van der Waals surface area contributed by atoms with Crippen LogP contribution in [-0.4, -0.2) is 71.3 Å². The summed E-state index contributed by atoms with van der Waals surface area (Å²) < 4.78 is 12.1. The molecule has 6 atom stereocenters. The van der Waals surface area contributed by atoms with Crippen molar-refractivity contribution in [1.82, 2.24) is 4.90 Å². The molecule has 3 heterocycles. The van der Waals surface area contributed by atoms with E-state index in [2.05, 4.69) is 13.2 Å². The van der Waals surface area contributed by atoms with Gasteiger partial charge < -0.3 is 24.4 Å². The van der Waals surface area contributed by atoms with E-state index >= 15 is 0 Å². The van der Waals surface area contributed by atoms with Crippen LogP contribution in [0.3, 0.4) is 0 Å². The molecule has 1 aromatic carbocycles. The highest BCUT2D eigenvalue weighted by molar-refractivity contribution is 6.05. The standard InChI is InChI=1S/C29H38N2O6/c1-7-13-30(23-18(3)11-9-12-19(23)4)26(34)24-29-17-20(5)28(6,37-29)22(27(35)36-16-8-2)21(29)25(33)31(24)14-10-15-32/h7-9,11-12,20-22,24,32H,1-2,10,13-17H2,3-6H3/t20?,21-,22-,24?,28+,29?/m0/s1. The predicted octanol–water partition coefficient (Wildman–Crippen LogP) is 2.94. The van der Waals surface area contributed by atoms with Gasteiger partial charge in [0, 0.05) is 25.4 Å². The Morgan fingerprint density at radius 2 is 1.95 bits per heavy atom. The fourth-order valence-electron chi connectivity index (χ4n) is 6.89. The van der Waals surface area contributed by atoms with Gasteiger partial charge >= 0.3 is 5.97 Å². The van der Waals surface area contributed by atoms with E-state index in [0.29, 0.717) is 12.8 Å². The van der Waals surface area contributed by atoms with Crippen molar-refractivity contribution in [3.63, 3.8) is 0 Å². The first kappa shape index (κ1) is 27.1. The number of esters is 1. The highest BCUT2D eigenvalue weighted by atomic mass is 16.6. The third-order valence-electron chi connectivity index (χ3n) is 8.49. The number of hydrogen-bond donors (Lipinski definition) is 1. The number of amides is 2. The lowest BCUT2D eigenvalue weighted by Gasteiger charge is -2.38. The summed E-state index contributed by atoms with van der Waals surface area (Å²) in [4.78, 5) is 45.1. The van der Waals surface area contributed by atoms with Gasteiger partial charge in [0.05, 0.1) is 11.5 Å². The van der Waals surface area contributed by atoms with Crippen LogP contribution in [0.15, 0.2) is 43.5 Å². The molecule has 0 radical (unpaired) electrons. The predicted molar refractivity (Wildman–Crippen MR) is 140 cm³/mol. The fraction of sp³-hybridized carbons (Fsp3) is 0.552. The summed E-state index contributed by atoms with van der Waals surface area (Å²) in [5.41, 5.74) is 0.514. The first-order chi connectivity index (χ1) is 17.6. The number of ether oxygens (including phenoxy) is 2. The zero-order valence-electron chi connectivity index (χ0n) is 22.2. The monoisotopic (exact) mass is 510 g/mol. The van der Waals surface area contributed by atoms with Crippen LogP contribution in [0.1, 0.15) is 37.8 Å². The molecule has 1 N–H and O–H groups in total. The van der Waals surface area contributed by atoms with Crippen molar-refractivity contribution < 1.29 is 29.0 Å². The third-order valence-corrected chi connectivity index (χ3v) is 8.49. The number of para-hydroxylation sites is 1. The first-order valence-corrected chi connectivity index (χ1v) is 13.0. The van der Waals surface area contributed by atoms with Crippen molar-refractivity contribution in [2.75, 3.05) is 31.2 Å². The molecular formula is C29H38N2O6. The number of hydrogen-bond acceptors (Lipinski definition) is 6. The molecule has 3 saturated heterocycles. The van der Waals surface area contributed by atoms with Gasteiger partial charge in [-0.05, 0) is 50.7 Å². The molecule has 8 nitrogen and oxygen atoms in total. The number of carbonyl (C=O) groups is 3. The van der Waals surface area contributed by atoms with Crippen LogP contribution >= 0.6 is 0 Å². The van der Waals surface area contributed by atoms with Crippen LogP contribution in [0.2, 0.25) is 0 Å². The maximum absolute atomic E-state index is 14.6. The second-order valence-corrected chi connectivity index (χ2v) is 10.7. The van der Waals surface area contributed by atoms with E-state index < -0.39 is 35.0 Å². The van der Waals surface area contributed by atoms with E-state index in [4.69, 9.17) is 9.47 Å². The molecule has 3 fully saturated rings. The highest BCUT2D eigenvalue weighted by Gasteiger charge is 2.80. The molecule has 1 spiro atoms. The van der Waals surface area contributed by atoms with E-state index in [1.165, 1.54) is 11.0 Å². The number of rotatable bonds is 10. The average molecular weight is 511 g/mol. The van der Waals surface area contributed by atoms with Gasteiger partial charge in [-0.1, -0.05) is 43.9 Å².